The van der Waals surface area contributed by atoms with E-state index in [2.05, 4.69) is 24.1 Å². The maximum atomic E-state index is 13.3. The van der Waals surface area contributed by atoms with Gasteiger partial charge in [0.25, 0.3) is 5.91 Å². The number of hydrogen-bond donors (Lipinski definition) is 1. The van der Waals surface area contributed by atoms with Crippen LogP contribution in [0.2, 0.25) is 0 Å². The summed E-state index contributed by atoms with van der Waals surface area (Å²) >= 11 is 0. The van der Waals surface area contributed by atoms with Gasteiger partial charge in [-0.15, -0.1) is 0 Å². The van der Waals surface area contributed by atoms with E-state index < -0.39 is 0 Å². The fourth-order valence-corrected chi connectivity index (χ4v) is 4.40. The van der Waals surface area contributed by atoms with E-state index in [1.807, 2.05) is 7.05 Å². The number of ether oxygens (including phenoxy) is 2. The van der Waals surface area contributed by atoms with Crippen LogP contribution in [0.3, 0.4) is 0 Å². The molecule has 0 bridgehead atoms. The first-order valence-corrected chi connectivity index (χ1v) is 12.0. The molecule has 0 saturated heterocycles. The maximum absolute atomic E-state index is 13.3. The van der Waals surface area contributed by atoms with Crippen LogP contribution >= 0.6 is 0 Å². The predicted molar refractivity (Wildman–Crippen MR) is 124 cm³/mol. The number of nitrogens with zero attached hydrogens (tertiary/aromatic N) is 2. The zero-order chi connectivity index (χ0) is 22.8. The van der Waals surface area contributed by atoms with Crippen LogP contribution in [-0.4, -0.2) is 74.2 Å². The average molecular weight is 444 g/mol. The monoisotopic (exact) mass is 443 g/mol. The van der Waals surface area contributed by atoms with E-state index in [0.717, 1.165) is 31.8 Å². The van der Waals surface area contributed by atoms with Gasteiger partial charge in [0.1, 0.15) is 12.4 Å². The van der Waals surface area contributed by atoms with E-state index in [1.165, 1.54) is 12.8 Å². The van der Waals surface area contributed by atoms with E-state index in [-0.39, 0.29) is 35.8 Å². The summed E-state index contributed by atoms with van der Waals surface area (Å²) in [4.78, 5) is 29.7. The van der Waals surface area contributed by atoms with Crippen molar-refractivity contribution in [2.75, 3.05) is 45.7 Å². The average Bonchev–Trinajstić information content (AvgIpc) is 3.68. The van der Waals surface area contributed by atoms with Crippen molar-refractivity contribution < 1.29 is 19.1 Å². The van der Waals surface area contributed by atoms with Gasteiger partial charge in [-0.25, -0.2) is 0 Å². The minimum atomic E-state index is -0.0996. The molecule has 0 radical (unpaired) electrons. The van der Waals surface area contributed by atoms with Crippen molar-refractivity contribution in [1.82, 2.24) is 9.80 Å². The van der Waals surface area contributed by atoms with Gasteiger partial charge in [0.15, 0.2) is 0 Å². The van der Waals surface area contributed by atoms with Crippen molar-refractivity contribution in [3.63, 3.8) is 0 Å². The molecular weight excluding hydrogens is 406 g/mol. The van der Waals surface area contributed by atoms with Crippen LogP contribution in [0.1, 0.15) is 49.9 Å². The molecule has 1 aromatic carbocycles. The van der Waals surface area contributed by atoms with Crippen LogP contribution in [0.15, 0.2) is 18.2 Å². The Morgan fingerprint density at radius 3 is 2.59 bits per heavy atom. The second kappa shape index (κ2) is 9.79. The lowest BCUT2D eigenvalue weighted by Crippen LogP contribution is -2.47. The maximum Gasteiger partial charge on any atom is 0.257 e. The fraction of sp³-hybridized carbons (Fsp3) is 0.680. The number of fused-ring (bicyclic) bond motifs is 1. The van der Waals surface area contributed by atoms with Crippen molar-refractivity contribution in [1.29, 1.82) is 0 Å². The number of nitrogens with one attached hydrogen (secondary N) is 1. The Labute approximate surface area is 191 Å². The molecule has 1 heterocycles. The lowest BCUT2D eigenvalue weighted by atomic mass is 10.0. The Morgan fingerprint density at radius 2 is 1.94 bits per heavy atom. The molecule has 2 saturated carbocycles. The van der Waals surface area contributed by atoms with Gasteiger partial charge in [0.2, 0.25) is 5.91 Å². The molecule has 3 aliphatic rings. The van der Waals surface area contributed by atoms with Crippen LogP contribution in [0.5, 0.6) is 5.75 Å². The van der Waals surface area contributed by atoms with Gasteiger partial charge in [0.05, 0.1) is 11.7 Å². The second-order valence-corrected chi connectivity index (χ2v) is 9.97. The van der Waals surface area contributed by atoms with Gasteiger partial charge in [0, 0.05) is 57.5 Å². The Bertz CT molecular complexity index is 836. The number of methoxy groups -OCH3 is 1. The van der Waals surface area contributed by atoms with Gasteiger partial charge in [-0.1, -0.05) is 6.92 Å². The van der Waals surface area contributed by atoms with Gasteiger partial charge in [-0.05, 0) is 56.6 Å². The van der Waals surface area contributed by atoms with Gasteiger partial charge >= 0.3 is 0 Å². The highest BCUT2D eigenvalue weighted by atomic mass is 16.5. The van der Waals surface area contributed by atoms with Crippen LogP contribution < -0.4 is 10.1 Å². The van der Waals surface area contributed by atoms with Crippen molar-refractivity contribution in [2.45, 2.75) is 51.7 Å². The normalized spacial score (nSPS) is 27.7. The van der Waals surface area contributed by atoms with Crippen LogP contribution in [0, 0.1) is 17.8 Å². The molecule has 1 aliphatic heterocycles. The van der Waals surface area contributed by atoms with E-state index in [4.69, 9.17) is 9.47 Å². The fourth-order valence-electron chi connectivity index (χ4n) is 4.40. The number of likely N-dealkylation sites (N-methyl/N-ethyl adjacent to an activating group) is 1. The molecular formula is C25H37N3O4. The number of benzene rings is 1. The highest BCUT2D eigenvalue weighted by Crippen LogP contribution is 2.33. The summed E-state index contributed by atoms with van der Waals surface area (Å²) in [5.41, 5.74) is 1.19. The van der Waals surface area contributed by atoms with E-state index >= 15 is 0 Å². The summed E-state index contributed by atoms with van der Waals surface area (Å²) in [6.45, 7) is 7.38. The molecule has 1 N–H and O–H groups in total. The van der Waals surface area contributed by atoms with E-state index in [0.29, 0.717) is 30.2 Å². The minimum absolute atomic E-state index is 0.0428. The van der Waals surface area contributed by atoms with Gasteiger partial charge in [-0.3, -0.25) is 14.5 Å². The summed E-state index contributed by atoms with van der Waals surface area (Å²) < 4.78 is 12.0. The van der Waals surface area contributed by atoms with Crippen LogP contribution in [-0.2, 0) is 9.53 Å². The summed E-state index contributed by atoms with van der Waals surface area (Å²) in [5, 5.41) is 2.97. The number of carbonyl (C=O) groups excluding carboxylic acids is 2. The molecule has 3 atom stereocenters. The lowest BCUT2D eigenvalue weighted by molar-refractivity contribution is -0.117. The summed E-state index contributed by atoms with van der Waals surface area (Å²) in [5.74, 6) is 1.65. The number of carbonyl (C=O) groups is 2. The summed E-state index contributed by atoms with van der Waals surface area (Å²) in [6, 6.07) is 5.56. The highest BCUT2D eigenvalue weighted by Gasteiger charge is 2.32. The van der Waals surface area contributed by atoms with Gasteiger partial charge in [-0.2, -0.15) is 0 Å². The molecule has 32 heavy (non-hydrogen) atoms. The zero-order valence-corrected chi connectivity index (χ0v) is 19.8. The first kappa shape index (κ1) is 23.1. The van der Waals surface area contributed by atoms with E-state index in [9.17, 15) is 9.59 Å². The second-order valence-electron chi connectivity index (χ2n) is 9.97. The number of anilines is 1. The Hall–Kier alpha value is -2.12. The third-order valence-corrected chi connectivity index (χ3v) is 6.98. The summed E-state index contributed by atoms with van der Waals surface area (Å²) in [6.07, 6.45) is 4.46. The molecule has 2 fully saturated rings. The van der Waals surface area contributed by atoms with Crippen molar-refractivity contribution in [3.8, 4) is 5.75 Å². The third-order valence-electron chi connectivity index (χ3n) is 6.98. The standard InChI is InChI=1S/C25H37N3O4/c1-16-12-28(13-18-5-6-18)17(2)15-32-22-11-20(26-24(29)19-7-8-19)9-10-21(22)25(30)27(3)14-23(16)31-4/h9-11,16-19,23H,5-8,12-15H2,1-4H3,(H,26,29)/t16-,17+,23+/m1/s1. The quantitative estimate of drug-likeness (QED) is 0.756. The molecule has 0 spiro atoms. The molecule has 1 aromatic rings. The first-order valence-electron chi connectivity index (χ1n) is 12.0. The van der Waals surface area contributed by atoms with E-state index in [1.54, 1.807) is 30.2 Å². The predicted octanol–water partition coefficient (Wildman–Crippen LogP) is 3.25. The Kier molecular flexibility index (Phi) is 7.05. The van der Waals surface area contributed by atoms with Crippen molar-refractivity contribution in [2.24, 2.45) is 17.8 Å². The zero-order valence-electron chi connectivity index (χ0n) is 19.8. The third kappa shape index (κ3) is 5.62. The molecule has 7 heteroatoms. The Balaban J connectivity index is 1.60. The van der Waals surface area contributed by atoms with Crippen LogP contribution in [0.4, 0.5) is 5.69 Å². The lowest BCUT2D eigenvalue weighted by Gasteiger charge is -2.36. The molecule has 2 aliphatic carbocycles. The number of hydrogen-bond acceptors (Lipinski definition) is 5. The topological polar surface area (TPSA) is 71.1 Å². The van der Waals surface area contributed by atoms with Crippen molar-refractivity contribution >= 4 is 17.5 Å². The molecule has 2 amide bonds. The highest BCUT2D eigenvalue weighted by molar-refractivity contribution is 5.99. The van der Waals surface area contributed by atoms with Gasteiger partial charge < -0.3 is 19.7 Å². The Morgan fingerprint density at radius 1 is 1.19 bits per heavy atom. The van der Waals surface area contributed by atoms with Crippen LogP contribution in [0.25, 0.3) is 0 Å². The number of amides is 2. The number of rotatable bonds is 5. The molecule has 176 valence electrons. The SMILES string of the molecule is CO[C@H]1CN(C)C(=O)c2ccc(NC(=O)C3CC3)cc2OC[C@H](C)N(CC2CC2)C[C@H]1C. The summed E-state index contributed by atoms with van der Waals surface area (Å²) in [7, 11) is 3.54. The molecule has 4 rings (SSSR count). The molecule has 0 unspecified atom stereocenters. The first-order chi connectivity index (χ1) is 15.4. The smallest absolute Gasteiger partial charge is 0.257 e. The largest absolute Gasteiger partial charge is 0.491 e. The minimum Gasteiger partial charge on any atom is -0.491 e. The van der Waals surface area contributed by atoms with Crippen molar-refractivity contribution in [3.05, 3.63) is 23.8 Å². The molecule has 0 aromatic heterocycles. The molecule has 7 nitrogen and oxygen atoms in total.